The molecule has 1 aromatic carbocycles. The predicted molar refractivity (Wildman–Crippen MR) is 68.0 cm³/mol. The monoisotopic (exact) mass is 249 g/mol. The van der Waals surface area contributed by atoms with Gasteiger partial charge in [-0.1, -0.05) is 12.1 Å². The molecule has 4 nitrogen and oxygen atoms in total. The number of rotatable bonds is 3. The van der Waals surface area contributed by atoms with E-state index in [1.807, 2.05) is 30.3 Å². The Morgan fingerprint density at radius 3 is 2.94 bits per heavy atom. The van der Waals surface area contributed by atoms with Crippen LogP contribution in [-0.4, -0.2) is 21.5 Å². The number of carbonyl (C=O) groups excluding carboxylic acids is 1. The minimum absolute atomic E-state index is 0.214. The number of nitrogens with one attached hydrogen (secondary N) is 2. The van der Waals surface area contributed by atoms with Crippen LogP contribution in [0.4, 0.5) is 5.69 Å². The number of benzene rings is 1. The lowest BCUT2D eigenvalue weighted by Crippen LogP contribution is -2.20. The molecule has 0 aliphatic heterocycles. The molecule has 0 bridgehead atoms. The number of aromatic amines is 1. The molecule has 0 radical (unpaired) electrons. The first-order chi connectivity index (χ1) is 8.16. The number of hydrogen-bond acceptors (Lipinski definition) is 2. The van der Waals surface area contributed by atoms with E-state index in [1.165, 1.54) is 0 Å². The van der Waals surface area contributed by atoms with Gasteiger partial charge in [0.2, 0.25) is 5.91 Å². The van der Waals surface area contributed by atoms with Gasteiger partial charge in [-0.25, -0.2) is 0 Å². The molecular weight excluding hydrogens is 238 g/mol. The van der Waals surface area contributed by atoms with Crippen molar-refractivity contribution in [2.75, 3.05) is 5.32 Å². The number of aromatic nitrogens is 2. The van der Waals surface area contributed by atoms with E-state index < -0.39 is 5.38 Å². The highest BCUT2D eigenvalue weighted by Gasteiger charge is 2.09. The molecule has 0 aliphatic rings. The zero-order valence-corrected chi connectivity index (χ0v) is 10.0. The Hall–Kier alpha value is -1.81. The van der Waals surface area contributed by atoms with Crippen LogP contribution >= 0.6 is 11.6 Å². The van der Waals surface area contributed by atoms with Gasteiger partial charge in [-0.2, -0.15) is 5.10 Å². The Kier molecular flexibility index (Phi) is 3.44. The summed E-state index contributed by atoms with van der Waals surface area (Å²) in [5, 5.41) is 8.94. The van der Waals surface area contributed by atoms with Crippen LogP contribution in [0.5, 0.6) is 0 Å². The van der Waals surface area contributed by atoms with E-state index in [0.29, 0.717) is 0 Å². The van der Waals surface area contributed by atoms with Crippen LogP contribution in [0.15, 0.2) is 36.5 Å². The summed E-state index contributed by atoms with van der Waals surface area (Å²) in [5.41, 5.74) is 2.58. The third-order valence-electron chi connectivity index (χ3n) is 2.30. The van der Waals surface area contributed by atoms with Gasteiger partial charge in [0.15, 0.2) is 0 Å². The largest absolute Gasteiger partial charge is 0.325 e. The molecule has 0 saturated carbocycles. The Balaban J connectivity index is 2.20. The number of hydrogen-bond donors (Lipinski definition) is 2. The van der Waals surface area contributed by atoms with E-state index in [1.54, 1.807) is 13.1 Å². The van der Waals surface area contributed by atoms with Crippen molar-refractivity contribution in [2.45, 2.75) is 12.3 Å². The summed E-state index contributed by atoms with van der Waals surface area (Å²) in [6.45, 7) is 1.63. The maximum Gasteiger partial charge on any atom is 0.242 e. The quantitative estimate of drug-likeness (QED) is 0.822. The van der Waals surface area contributed by atoms with Gasteiger partial charge < -0.3 is 5.32 Å². The van der Waals surface area contributed by atoms with Crippen molar-refractivity contribution in [3.05, 3.63) is 36.5 Å². The van der Waals surface area contributed by atoms with E-state index in [2.05, 4.69) is 15.5 Å². The van der Waals surface area contributed by atoms with Crippen LogP contribution in [-0.2, 0) is 4.79 Å². The molecule has 17 heavy (non-hydrogen) atoms. The second-order valence-corrected chi connectivity index (χ2v) is 4.31. The molecule has 5 heteroatoms. The minimum atomic E-state index is -0.550. The molecule has 0 fully saturated rings. The molecule has 1 aromatic heterocycles. The van der Waals surface area contributed by atoms with Gasteiger partial charge in [-0.05, 0) is 25.1 Å². The third kappa shape index (κ3) is 2.85. The molecule has 0 saturated heterocycles. The Morgan fingerprint density at radius 1 is 1.47 bits per heavy atom. The second-order valence-electron chi connectivity index (χ2n) is 3.66. The molecule has 1 atom stereocenters. The van der Waals surface area contributed by atoms with Crippen LogP contribution in [0, 0.1) is 0 Å². The number of carbonyl (C=O) groups is 1. The Labute approximate surface area is 104 Å². The van der Waals surface area contributed by atoms with Crippen molar-refractivity contribution in [2.24, 2.45) is 0 Å². The average molecular weight is 250 g/mol. The fourth-order valence-corrected chi connectivity index (χ4v) is 1.48. The van der Waals surface area contributed by atoms with Crippen LogP contribution in [0.2, 0.25) is 0 Å². The highest BCUT2D eigenvalue weighted by molar-refractivity contribution is 6.32. The highest BCUT2D eigenvalue weighted by Crippen LogP contribution is 2.20. The summed E-state index contributed by atoms with van der Waals surface area (Å²) < 4.78 is 0. The van der Waals surface area contributed by atoms with Gasteiger partial charge in [0.05, 0.1) is 5.69 Å². The number of H-pyrrole nitrogens is 1. The number of alkyl halides is 1. The molecule has 2 rings (SSSR count). The van der Waals surface area contributed by atoms with Crippen LogP contribution < -0.4 is 5.32 Å². The summed E-state index contributed by atoms with van der Waals surface area (Å²) in [5.74, 6) is -0.214. The van der Waals surface area contributed by atoms with Gasteiger partial charge in [0, 0.05) is 17.4 Å². The smallest absolute Gasteiger partial charge is 0.242 e. The number of nitrogens with zero attached hydrogens (tertiary/aromatic N) is 1. The van der Waals surface area contributed by atoms with Crippen molar-refractivity contribution in [1.29, 1.82) is 0 Å². The molecule has 88 valence electrons. The topological polar surface area (TPSA) is 57.8 Å². The summed E-state index contributed by atoms with van der Waals surface area (Å²) in [6, 6.07) is 9.35. The molecule has 0 spiro atoms. The number of anilines is 1. The molecule has 1 amide bonds. The van der Waals surface area contributed by atoms with Crippen molar-refractivity contribution in [3.63, 3.8) is 0 Å². The van der Waals surface area contributed by atoms with E-state index in [4.69, 9.17) is 11.6 Å². The summed E-state index contributed by atoms with van der Waals surface area (Å²) in [7, 11) is 0. The third-order valence-corrected chi connectivity index (χ3v) is 2.50. The maximum absolute atomic E-state index is 11.4. The Morgan fingerprint density at radius 2 is 2.29 bits per heavy atom. The van der Waals surface area contributed by atoms with Gasteiger partial charge in [-0.15, -0.1) is 11.6 Å². The fourth-order valence-electron chi connectivity index (χ4n) is 1.42. The van der Waals surface area contributed by atoms with Crippen LogP contribution in [0.25, 0.3) is 11.3 Å². The second kappa shape index (κ2) is 5.01. The standard InChI is InChI=1S/C12H12ClN3O/c1-8(13)12(17)15-10-4-2-3-9(7-10)11-5-6-14-16-11/h2-8H,1H3,(H,14,16)(H,15,17). The average Bonchev–Trinajstić information content (AvgIpc) is 2.82. The lowest BCUT2D eigenvalue weighted by atomic mass is 10.1. The molecular formula is C12H12ClN3O. The first-order valence-electron chi connectivity index (χ1n) is 5.21. The molecule has 2 N–H and O–H groups in total. The minimum Gasteiger partial charge on any atom is -0.325 e. The lowest BCUT2D eigenvalue weighted by molar-refractivity contribution is -0.115. The summed E-state index contributed by atoms with van der Waals surface area (Å²) in [6.07, 6.45) is 1.68. The van der Waals surface area contributed by atoms with Gasteiger partial charge in [0.25, 0.3) is 0 Å². The molecule has 1 unspecified atom stereocenters. The first kappa shape index (κ1) is 11.7. The van der Waals surface area contributed by atoms with Crippen LogP contribution in [0.3, 0.4) is 0 Å². The van der Waals surface area contributed by atoms with E-state index in [0.717, 1.165) is 16.9 Å². The summed E-state index contributed by atoms with van der Waals surface area (Å²) in [4.78, 5) is 11.4. The van der Waals surface area contributed by atoms with Crippen molar-refractivity contribution in [1.82, 2.24) is 10.2 Å². The first-order valence-corrected chi connectivity index (χ1v) is 5.65. The van der Waals surface area contributed by atoms with Gasteiger partial charge >= 0.3 is 0 Å². The van der Waals surface area contributed by atoms with Gasteiger partial charge in [0.1, 0.15) is 5.38 Å². The van der Waals surface area contributed by atoms with Crippen molar-refractivity contribution in [3.8, 4) is 11.3 Å². The van der Waals surface area contributed by atoms with Crippen molar-refractivity contribution < 1.29 is 4.79 Å². The van der Waals surface area contributed by atoms with E-state index in [-0.39, 0.29) is 5.91 Å². The van der Waals surface area contributed by atoms with Crippen molar-refractivity contribution >= 4 is 23.2 Å². The maximum atomic E-state index is 11.4. The predicted octanol–water partition coefficient (Wildman–Crippen LogP) is 2.64. The lowest BCUT2D eigenvalue weighted by Gasteiger charge is -2.07. The molecule has 2 aromatic rings. The van der Waals surface area contributed by atoms with Crippen LogP contribution in [0.1, 0.15) is 6.92 Å². The SMILES string of the molecule is CC(Cl)C(=O)Nc1cccc(-c2ccn[nH]2)c1. The normalized spacial score (nSPS) is 12.1. The summed E-state index contributed by atoms with van der Waals surface area (Å²) >= 11 is 5.69. The Bertz CT molecular complexity index is 508. The highest BCUT2D eigenvalue weighted by atomic mass is 35.5. The van der Waals surface area contributed by atoms with Gasteiger partial charge in [-0.3, -0.25) is 9.89 Å². The zero-order chi connectivity index (χ0) is 12.3. The molecule has 0 aliphatic carbocycles. The number of halogens is 1. The number of amides is 1. The zero-order valence-electron chi connectivity index (χ0n) is 9.27. The van der Waals surface area contributed by atoms with E-state index in [9.17, 15) is 4.79 Å². The van der Waals surface area contributed by atoms with E-state index >= 15 is 0 Å². The molecule has 1 heterocycles. The fraction of sp³-hybridized carbons (Fsp3) is 0.167.